The molecule has 0 saturated heterocycles. The lowest BCUT2D eigenvalue weighted by molar-refractivity contribution is -0.394. The monoisotopic (exact) mass is 1010 g/mol. The topological polar surface area (TPSA) is 217 Å². The molecule has 374 valence electrons. The maximum absolute atomic E-state index is 11.8. The first-order valence-corrected chi connectivity index (χ1v) is 23.6. The van der Waals surface area contributed by atoms with E-state index in [4.69, 9.17) is 38.2 Å². The normalized spacial score (nSPS) is 12.8. The molecule has 0 saturated carbocycles. The SMILES string of the molecule is CC(C)(C)c1cc(C=Nc2ccc(-c3ccc(N=Cc4cc(C(C)(C)C)cc(C(C)(C)C)c4O)c(N=Cc4cc([N+](=O)[O-])cc([N+](=O)[O-])c4O)c3)cc2N=Cc2cc(Cl)cc(Cl)c2O)c(O)c(C(C)(C)C)c1. The number of phenolic OH excluding ortho intramolecular Hbond substituents is 4. The van der Waals surface area contributed by atoms with Gasteiger partial charge in [-0.3, -0.25) is 40.2 Å². The molecule has 6 rings (SSSR count). The Morgan fingerprint density at radius 3 is 1.21 bits per heavy atom. The van der Waals surface area contributed by atoms with Crippen LogP contribution in [0.1, 0.15) is 128 Å². The van der Waals surface area contributed by atoms with Gasteiger partial charge in [-0.05, 0) is 92.4 Å². The average molecular weight is 1010 g/mol. The second-order valence-electron chi connectivity index (χ2n) is 21.6. The van der Waals surface area contributed by atoms with Crippen molar-refractivity contribution in [1.82, 2.24) is 0 Å². The Balaban J connectivity index is 1.57. The van der Waals surface area contributed by atoms with E-state index in [0.29, 0.717) is 39.7 Å². The third kappa shape index (κ3) is 12.4. The van der Waals surface area contributed by atoms with Crippen LogP contribution in [-0.2, 0) is 21.7 Å². The molecule has 0 atom stereocenters. The highest BCUT2D eigenvalue weighted by atomic mass is 35.5. The van der Waals surface area contributed by atoms with Gasteiger partial charge in [-0.2, -0.15) is 0 Å². The fourth-order valence-electron chi connectivity index (χ4n) is 7.56. The van der Waals surface area contributed by atoms with E-state index in [1.54, 1.807) is 42.6 Å². The summed E-state index contributed by atoms with van der Waals surface area (Å²) in [5.74, 6) is -0.926. The van der Waals surface area contributed by atoms with E-state index in [0.717, 1.165) is 34.5 Å². The number of phenols is 4. The third-order valence-electron chi connectivity index (χ3n) is 11.9. The van der Waals surface area contributed by atoms with E-state index >= 15 is 0 Å². The van der Waals surface area contributed by atoms with E-state index in [-0.39, 0.29) is 66.0 Å². The highest BCUT2D eigenvalue weighted by Gasteiger charge is 2.27. The van der Waals surface area contributed by atoms with Gasteiger partial charge in [0, 0.05) is 69.3 Å². The molecule has 14 nitrogen and oxygen atoms in total. The quantitative estimate of drug-likeness (QED) is 0.0555. The van der Waals surface area contributed by atoms with E-state index in [9.17, 15) is 40.7 Å². The predicted octanol–water partition coefficient (Wildman–Crippen LogP) is 15.5. The number of hydrogen-bond donors (Lipinski definition) is 4. The molecular formula is C56H58Cl2N6O8. The number of nitro benzene ring substituents is 2. The van der Waals surface area contributed by atoms with Crippen molar-refractivity contribution in [2.75, 3.05) is 0 Å². The summed E-state index contributed by atoms with van der Waals surface area (Å²) in [7, 11) is 0. The first kappa shape index (κ1) is 53.9. The number of benzene rings is 6. The van der Waals surface area contributed by atoms with Crippen molar-refractivity contribution in [3.05, 3.63) is 160 Å². The van der Waals surface area contributed by atoms with Crippen molar-refractivity contribution in [3.8, 4) is 34.1 Å². The molecule has 0 aromatic heterocycles. The second kappa shape index (κ2) is 20.4. The van der Waals surface area contributed by atoms with Gasteiger partial charge in [-0.1, -0.05) is 131 Å². The summed E-state index contributed by atoms with van der Waals surface area (Å²) >= 11 is 12.6. The minimum atomic E-state index is -0.926. The zero-order chi connectivity index (χ0) is 53.4. The molecule has 72 heavy (non-hydrogen) atoms. The van der Waals surface area contributed by atoms with E-state index in [1.165, 1.54) is 24.6 Å². The number of non-ortho nitro benzene ring substituents is 1. The van der Waals surface area contributed by atoms with Crippen molar-refractivity contribution in [2.45, 2.75) is 105 Å². The summed E-state index contributed by atoms with van der Waals surface area (Å²) in [5, 5.41) is 68.8. The van der Waals surface area contributed by atoms with Gasteiger partial charge in [0.05, 0.1) is 43.7 Å². The molecule has 0 radical (unpaired) electrons. The maximum atomic E-state index is 11.8. The largest absolute Gasteiger partial charge is 0.507 e. The Morgan fingerprint density at radius 2 is 0.833 bits per heavy atom. The fourth-order valence-corrected chi connectivity index (χ4v) is 8.07. The van der Waals surface area contributed by atoms with Gasteiger partial charge in [0.25, 0.3) is 5.69 Å². The summed E-state index contributed by atoms with van der Waals surface area (Å²) in [5.41, 5.74) is 3.79. The molecule has 0 aliphatic heterocycles. The Kier molecular flexibility index (Phi) is 15.3. The lowest BCUT2D eigenvalue weighted by Crippen LogP contribution is -2.17. The molecule has 0 amide bonds. The Morgan fingerprint density at radius 1 is 0.444 bits per heavy atom. The average Bonchev–Trinajstić information content (AvgIpc) is 3.27. The number of halogens is 2. The molecule has 0 spiro atoms. The Labute approximate surface area is 429 Å². The number of nitro groups is 2. The molecule has 4 N–H and O–H groups in total. The van der Waals surface area contributed by atoms with Gasteiger partial charge in [0.1, 0.15) is 17.2 Å². The highest BCUT2D eigenvalue weighted by molar-refractivity contribution is 6.36. The van der Waals surface area contributed by atoms with Crippen LogP contribution in [0.15, 0.2) is 105 Å². The maximum Gasteiger partial charge on any atom is 0.318 e. The van der Waals surface area contributed by atoms with Crippen LogP contribution < -0.4 is 0 Å². The molecule has 6 aromatic carbocycles. The van der Waals surface area contributed by atoms with Crippen LogP contribution in [0.25, 0.3) is 11.1 Å². The highest BCUT2D eigenvalue weighted by Crippen LogP contribution is 2.43. The lowest BCUT2D eigenvalue weighted by Gasteiger charge is -2.27. The minimum Gasteiger partial charge on any atom is -0.507 e. The minimum absolute atomic E-state index is 0.0235. The number of aliphatic imine (C=N–C) groups is 4. The molecule has 0 heterocycles. The molecular weight excluding hydrogens is 956 g/mol. The van der Waals surface area contributed by atoms with Gasteiger partial charge in [0.2, 0.25) is 5.75 Å². The molecule has 0 aliphatic carbocycles. The van der Waals surface area contributed by atoms with E-state index in [1.807, 2.05) is 65.8 Å². The van der Waals surface area contributed by atoms with E-state index < -0.39 is 32.4 Å². The van der Waals surface area contributed by atoms with Crippen LogP contribution >= 0.6 is 23.2 Å². The molecule has 0 unspecified atom stereocenters. The van der Waals surface area contributed by atoms with E-state index in [2.05, 4.69) is 46.5 Å². The zero-order valence-electron chi connectivity index (χ0n) is 42.3. The first-order chi connectivity index (χ1) is 33.3. The molecule has 0 fully saturated rings. The van der Waals surface area contributed by atoms with Gasteiger partial charge < -0.3 is 20.4 Å². The number of hydrogen-bond acceptors (Lipinski definition) is 12. The molecule has 16 heteroatoms. The van der Waals surface area contributed by atoms with Crippen molar-refractivity contribution in [2.24, 2.45) is 20.0 Å². The molecule has 6 aromatic rings. The Hall–Kier alpha value is -7.42. The lowest BCUT2D eigenvalue weighted by atomic mass is 9.79. The van der Waals surface area contributed by atoms with Gasteiger partial charge in [0.15, 0.2) is 0 Å². The van der Waals surface area contributed by atoms with Crippen LogP contribution in [0, 0.1) is 20.2 Å². The van der Waals surface area contributed by atoms with Crippen LogP contribution in [-0.4, -0.2) is 55.1 Å². The van der Waals surface area contributed by atoms with Crippen LogP contribution in [0.2, 0.25) is 10.0 Å². The summed E-state index contributed by atoms with van der Waals surface area (Å²) in [6, 6.07) is 22.7. The van der Waals surface area contributed by atoms with Crippen molar-refractivity contribution in [1.29, 1.82) is 0 Å². The van der Waals surface area contributed by atoms with Gasteiger partial charge >= 0.3 is 5.69 Å². The third-order valence-corrected chi connectivity index (χ3v) is 12.4. The smallest absolute Gasteiger partial charge is 0.318 e. The van der Waals surface area contributed by atoms with Crippen molar-refractivity contribution >= 4 is 82.2 Å². The number of nitrogens with zero attached hydrogens (tertiary/aromatic N) is 6. The molecule has 0 aliphatic rings. The van der Waals surface area contributed by atoms with Crippen LogP contribution in [0.5, 0.6) is 23.0 Å². The predicted molar refractivity (Wildman–Crippen MR) is 291 cm³/mol. The van der Waals surface area contributed by atoms with Crippen molar-refractivity contribution in [3.63, 3.8) is 0 Å². The number of aromatic hydroxyl groups is 4. The number of rotatable bonds is 11. The van der Waals surface area contributed by atoms with Crippen molar-refractivity contribution < 1.29 is 30.3 Å². The summed E-state index contributed by atoms with van der Waals surface area (Å²) in [6.45, 7) is 24.6. The summed E-state index contributed by atoms with van der Waals surface area (Å²) in [4.78, 5) is 40.9. The van der Waals surface area contributed by atoms with Gasteiger partial charge in [-0.25, -0.2) is 0 Å². The second-order valence-corrected chi connectivity index (χ2v) is 22.4. The standard InChI is InChI=1S/C56H58Cl2N6O8/c1-53(2,3)37-17-33(49(65)41(23-37)55(7,8)9)27-59-44-15-13-31(21-46(44)61-29-35-19-39(57)25-43(58)51(35)67)32-14-16-45(60-28-34-18-38(54(4,5)6)24-42(50(34)66)56(10,11)12)47(22-32)62-30-36-20-40(63(69)70)26-48(52(36)68)64(71)72/h13-30,65-68H,1-12H3. The Bertz CT molecular complexity index is 3260. The van der Waals surface area contributed by atoms with Crippen LogP contribution in [0.4, 0.5) is 34.1 Å². The summed E-state index contributed by atoms with van der Waals surface area (Å²) in [6.07, 6.45) is 5.57. The zero-order valence-corrected chi connectivity index (χ0v) is 43.8. The fraction of sp³-hybridized carbons (Fsp3) is 0.286. The van der Waals surface area contributed by atoms with Crippen LogP contribution in [0.3, 0.4) is 0 Å². The summed E-state index contributed by atoms with van der Waals surface area (Å²) < 4.78 is 0. The van der Waals surface area contributed by atoms with Gasteiger partial charge in [-0.15, -0.1) is 0 Å². The molecule has 0 bridgehead atoms. The first-order valence-electron chi connectivity index (χ1n) is 22.9.